The minimum atomic E-state index is -0.807. The second kappa shape index (κ2) is 8.32. The van der Waals surface area contributed by atoms with Crippen LogP contribution in [0, 0.1) is 5.41 Å². The van der Waals surface area contributed by atoms with E-state index >= 15 is 0 Å². The molecule has 0 amide bonds. The highest BCUT2D eigenvalue weighted by molar-refractivity contribution is 7.16. The number of nitrogens with zero attached hydrogens (tertiary/aromatic N) is 2. The van der Waals surface area contributed by atoms with Crippen molar-refractivity contribution in [2.75, 3.05) is 7.05 Å². The first-order valence-corrected chi connectivity index (χ1v) is 11.2. The summed E-state index contributed by atoms with van der Waals surface area (Å²) in [6.07, 6.45) is 6.58. The number of hydrogen-bond donors (Lipinski definition) is 1. The van der Waals surface area contributed by atoms with Crippen molar-refractivity contribution < 1.29 is 9.90 Å². The molecule has 0 atom stereocenters. The van der Waals surface area contributed by atoms with Crippen LogP contribution in [0.25, 0.3) is 10.4 Å². The van der Waals surface area contributed by atoms with Gasteiger partial charge in [-0.1, -0.05) is 44.2 Å². The van der Waals surface area contributed by atoms with Gasteiger partial charge in [-0.15, -0.1) is 11.3 Å². The number of hydrogen-bond acceptors (Lipinski definition) is 4. The van der Waals surface area contributed by atoms with Crippen molar-refractivity contribution in [2.24, 2.45) is 5.41 Å². The molecule has 5 heteroatoms. The van der Waals surface area contributed by atoms with Crippen molar-refractivity contribution in [3.63, 3.8) is 0 Å². The molecule has 0 saturated heterocycles. The Labute approximate surface area is 182 Å². The highest BCUT2D eigenvalue weighted by Crippen LogP contribution is 2.45. The Hall–Kier alpha value is -2.50. The molecule has 0 bridgehead atoms. The van der Waals surface area contributed by atoms with Gasteiger partial charge in [-0.2, -0.15) is 0 Å². The normalized spacial score (nSPS) is 15.2. The van der Waals surface area contributed by atoms with E-state index in [0.29, 0.717) is 5.56 Å². The summed E-state index contributed by atoms with van der Waals surface area (Å²) in [6.45, 7) is 6.02. The molecule has 0 spiro atoms. The van der Waals surface area contributed by atoms with Crippen LogP contribution in [-0.2, 0) is 25.9 Å². The minimum absolute atomic E-state index is 0.152. The Balaban J connectivity index is 1.69. The van der Waals surface area contributed by atoms with E-state index in [9.17, 15) is 9.90 Å². The maximum Gasteiger partial charge on any atom is 0.337 e. The van der Waals surface area contributed by atoms with Crippen LogP contribution in [0.5, 0.6) is 0 Å². The summed E-state index contributed by atoms with van der Waals surface area (Å²) in [5.74, 6) is -0.807. The summed E-state index contributed by atoms with van der Waals surface area (Å²) in [6, 6.07) is 12.3. The molecule has 0 fully saturated rings. The van der Waals surface area contributed by atoms with E-state index in [1.165, 1.54) is 4.88 Å². The Morgan fingerprint density at radius 2 is 2.00 bits per heavy atom. The van der Waals surface area contributed by atoms with Gasteiger partial charge in [0.2, 0.25) is 0 Å². The fourth-order valence-corrected chi connectivity index (χ4v) is 5.74. The van der Waals surface area contributed by atoms with Crippen LogP contribution in [-0.4, -0.2) is 28.0 Å². The number of carbonyl (C=O) groups is 1. The zero-order valence-corrected chi connectivity index (χ0v) is 18.6. The Morgan fingerprint density at radius 3 is 2.73 bits per heavy atom. The molecule has 0 saturated carbocycles. The lowest BCUT2D eigenvalue weighted by Crippen LogP contribution is -2.22. The number of carboxylic acids is 1. The number of rotatable bonds is 6. The standard InChI is InChI=1S/C25H28N2O2S/c1-25(2)11-10-21-20(13-25)22(24(28)29)23(30-21)19-9-5-4-8-18(19)16-27(3)15-17-7-6-12-26-14-17/h4-9,12,14H,10-11,13,15-16H2,1-3H3,(H,28,29). The van der Waals surface area contributed by atoms with Crippen molar-refractivity contribution in [3.8, 4) is 10.4 Å². The zero-order valence-electron chi connectivity index (χ0n) is 17.8. The lowest BCUT2D eigenvalue weighted by Gasteiger charge is -2.29. The van der Waals surface area contributed by atoms with Gasteiger partial charge in [0.25, 0.3) is 0 Å². The van der Waals surface area contributed by atoms with E-state index in [1.807, 2.05) is 24.4 Å². The number of carboxylic acid groups (broad SMARTS) is 1. The predicted molar refractivity (Wildman–Crippen MR) is 122 cm³/mol. The summed E-state index contributed by atoms with van der Waals surface area (Å²) >= 11 is 1.68. The molecule has 156 valence electrons. The average molecular weight is 421 g/mol. The number of fused-ring (bicyclic) bond motifs is 1. The average Bonchev–Trinajstić information content (AvgIpc) is 3.06. The molecular formula is C25H28N2O2S. The molecule has 4 nitrogen and oxygen atoms in total. The van der Waals surface area contributed by atoms with Gasteiger partial charge in [0.1, 0.15) is 0 Å². The second-order valence-corrected chi connectivity index (χ2v) is 10.1. The smallest absolute Gasteiger partial charge is 0.337 e. The summed E-state index contributed by atoms with van der Waals surface area (Å²) < 4.78 is 0. The van der Waals surface area contributed by atoms with Crippen LogP contribution in [0.4, 0.5) is 0 Å². The number of pyridine rings is 1. The molecule has 30 heavy (non-hydrogen) atoms. The Morgan fingerprint density at radius 1 is 1.20 bits per heavy atom. The summed E-state index contributed by atoms with van der Waals surface area (Å²) in [4.78, 5) is 20.9. The van der Waals surface area contributed by atoms with Crippen molar-refractivity contribution in [1.29, 1.82) is 0 Å². The quantitative estimate of drug-likeness (QED) is 0.559. The lowest BCUT2D eigenvalue weighted by molar-refractivity contribution is 0.0696. The maximum absolute atomic E-state index is 12.3. The van der Waals surface area contributed by atoms with Gasteiger partial charge < -0.3 is 5.11 Å². The molecular weight excluding hydrogens is 392 g/mol. The van der Waals surface area contributed by atoms with Crippen LogP contribution in [0.2, 0.25) is 0 Å². The third kappa shape index (κ3) is 4.32. The fraction of sp³-hybridized carbons (Fsp3) is 0.360. The SMILES string of the molecule is CN(Cc1cccnc1)Cc1ccccc1-c1sc2c(c1C(=O)O)CC(C)(C)CC2. The van der Waals surface area contributed by atoms with Gasteiger partial charge in [-0.05, 0) is 60.0 Å². The molecule has 1 aromatic carbocycles. The van der Waals surface area contributed by atoms with E-state index in [4.69, 9.17) is 0 Å². The van der Waals surface area contributed by atoms with Crippen LogP contribution < -0.4 is 0 Å². The fourth-order valence-electron chi connectivity index (χ4n) is 4.37. The molecule has 0 radical (unpaired) electrons. The Kier molecular flexibility index (Phi) is 5.76. The first kappa shape index (κ1) is 20.8. The summed E-state index contributed by atoms with van der Waals surface area (Å²) in [5.41, 5.74) is 5.09. The van der Waals surface area contributed by atoms with E-state index in [0.717, 1.165) is 59.5 Å². The van der Waals surface area contributed by atoms with E-state index in [1.54, 1.807) is 17.5 Å². The third-order valence-electron chi connectivity index (χ3n) is 5.87. The third-order valence-corrected chi connectivity index (χ3v) is 7.19. The first-order chi connectivity index (χ1) is 14.3. The van der Waals surface area contributed by atoms with Crippen molar-refractivity contribution in [2.45, 2.75) is 46.2 Å². The van der Waals surface area contributed by atoms with Crippen molar-refractivity contribution >= 4 is 17.3 Å². The highest BCUT2D eigenvalue weighted by atomic mass is 32.1. The van der Waals surface area contributed by atoms with E-state index in [2.05, 4.69) is 49.0 Å². The highest BCUT2D eigenvalue weighted by Gasteiger charge is 2.33. The van der Waals surface area contributed by atoms with E-state index in [-0.39, 0.29) is 5.41 Å². The van der Waals surface area contributed by atoms with Gasteiger partial charge in [-0.25, -0.2) is 4.79 Å². The number of thiophene rings is 1. The summed E-state index contributed by atoms with van der Waals surface area (Å²) in [5, 5.41) is 10.1. The predicted octanol–water partition coefficient (Wildman–Crippen LogP) is 5.66. The second-order valence-electron chi connectivity index (χ2n) is 9.04. The van der Waals surface area contributed by atoms with Crippen LogP contribution in [0.15, 0.2) is 48.8 Å². The Bertz CT molecular complexity index is 1060. The number of aromatic nitrogens is 1. The number of aryl methyl sites for hydroxylation is 1. The molecule has 0 aliphatic heterocycles. The molecule has 4 rings (SSSR count). The monoisotopic (exact) mass is 420 g/mol. The number of benzene rings is 1. The van der Waals surface area contributed by atoms with Gasteiger partial charge >= 0.3 is 5.97 Å². The molecule has 3 aromatic rings. The minimum Gasteiger partial charge on any atom is -0.478 e. The first-order valence-electron chi connectivity index (χ1n) is 10.4. The van der Waals surface area contributed by atoms with E-state index < -0.39 is 5.97 Å². The number of aromatic carboxylic acids is 1. The van der Waals surface area contributed by atoms with Gasteiger partial charge in [0.15, 0.2) is 0 Å². The van der Waals surface area contributed by atoms with Crippen LogP contribution in [0.3, 0.4) is 0 Å². The van der Waals surface area contributed by atoms with Crippen LogP contribution in [0.1, 0.15) is 52.2 Å². The molecule has 0 unspecified atom stereocenters. The van der Waals surface area contributed by atoms with Crippen molar-refractivity contribution in [3.05, 3.63) is 75.9 Å². The topological polar surface area (TPSA) is 53.4 Å². The largest absolute Gasteiger partial charge is 0.478 e. The maximum atomic E-state index is 12.3. The van der Waals surface area contributed by atoms with Gasteiger partial charge in [0.05, 0.1) is 5.56 Å². The molecule has 1 aliphatic rings. The van der Waals surface area contributed by atoms with Gasteiger partial charge in [0, 0.05) is 35.2 Å². The zero-order chi connectivity index (χ0) is 21.3. The molecule has 2 heterocycles. The van der Waals surface area contributed by atoms with Crippen LogP contribution >= 0.6 is 11.3 Å². The summed E-state index contributed by atoms with van der Waals surface area (Å²) in [7, 11) is 2.09. The van der Waals surface area contributed by atoms with Crippen molar-refractivity contribution in [1.82, 2.24) is 9.88 Å². The molecule has 2 aromatic heterocycles. The van der Waals surface area contributed by atoms with Gasteiger partial charge in [-0.3, -0.25) is 9.88 Å². The lowest BCUT2D eigenvalue weighted by atomic mass is 9.76. The molecule has 1 N–H and O–H groups in total. The molecule has 1 aliphatic carbocycles.